The number of carbonyl (C=O) groups is 1. The maximum atomic E-state index is 11.4. The van der Waals surface area contributed by atoms with Crippen molar-refractivity contribution in [2.45, 2.75) is 46.2 Å². The number of rotatable bonds is 3. The van der Waals surface area contributed by atoms with Crippen LogP contribution >= 0.6 is 11.3 Å². The van der Waals surface area contributed by atoms with Crippen LogP contribution in [0.4, 0.5) is 0 Å². The van der Waals surface area contributed by atoms with Gasteiger partial charge in [-0.15, -0.1) is 11.3 Å². The lowest BCUT2D eigenvalue weighted by molar-refractivity contribution is -0.130. The monoisotopic (exact) mass is 281 g/mol. The first-order chi connectivity index (χ1) is 8.97. The van der Waals surface area contributed by atoms with Gasteiger partial charge in [0.05, 0.1) is 10.7 Å². The van der Waals surface area contributed by atoms with Crippen LogP contribution in [-0.4, -0.2) is 46.9 Å². The highest BCUT2D eigenvalue weighted by molar-refractivity contribution is 7.11. The summed E-state index contributed by atoms with van der Waals surface area (Å²) in [6.07, 6.45) is 2.15. The lowest BCUT2D eigenvalue weighted by Crippen LogP contribution is -2.44. The molecule has 1 aromatic heterocycles. The van der Waals surface area contributed by atoms with Crippen molar-refractivity contribution in [3.05, 3.63) is 15.6 Å². The number of likely N-dealkylation sites (tertiary alicyclic amines) is 1. The highest BCUT2D eigenvalue weighted by atomic mass is 32.1. The van der Waals surface area contributed by atoms with Gasteiger partial charge in [-0.25, -0.2) is 4.98 Å². The van der Waals surface area contributed by atoms with Gasteiger partial charge in [-0.1, -0.05) is 0 Å². The van der Waals surface area contributed by atoms with Gasteiger partial charge in [0.15, 0.2) is 0 Å². The smallest absolute Gasteiger partial charge is 0.219 e. The maximum absolute atomic E-state index is 11.4. The van der Waals surface area contributed by atoms with Crippen molar-refractivity contribution in [2.75, 3.05) is 20.1 Å². The number of hydrogen-bond donors (Lipinski definition) is 0. The summed E-state index contributed by atoms with van der Waals surface area (Å²) in [6, 6.07) is 0.415. The minimum absolute atomic E-state index is 0.173. The van der Waals surface area contributed by atoms with E-state index in [2.05, 4.69) is 23.7 Å². The van der Waals surface area contributed by atoms with Crippen LogP contribution in [0.15, 0.2) is 0 Å². The fraction of sp³-hybridized carbons (Fsp3) is 0.714. The molecule has 0 atom stereocenters. The van der Waals surface area contributed by atoms with Crippen molar-refractivity contribution in [3.63, 3.8) is 0 Å². The highest BCUT2D eigenvalue weighted by Gasteiger charge is 2.24. The normalized spacial score (nSPS) is 17.7. The summed E-state index contributed by atoms with van der Waals surface area (Å²) in [4.78, 5) is 21.6. The molecule has 1 amide bonds. The zero-order chi connectivity index (χ0) is 14.0. The van der Waals surface area contributed by atoms with Crippen molar-refractivity contribution in [1.29, 1.82) is 0 Å². The Balaban J connectivity index is 1.87. The maximum Gasteiger partial charge on any atom is 0.219 e. The van der Waals surface area contributed by atoms with Gasteiger partial charge in [0, 0.05) is 44.5 Å². The zero-order valence-electron chi connectivity index (χ0n) is 12.3. The van der Waals surface area contributed by atoms with Gasteiger partial charge in [0.1, 0.15) is 0 Å². The van der Waals surface area contributed by atoms with Gasteiger partial charge >= 0.3 is 0 Å². The fourth-order valence-electron chi connectivity index (χ4n) is 2.65. The number of piperidine rings is 1. The molecule has 0 spiro atoms. The predicted molar refractivity (Wildman–Crippen MR) is 78.3 cm³/mol. The van der Waals surface area contributed by atoms with Gasteiger partial charge in [0.25, 0.3) is 0 Å². The van der Waals surface area contributed by atoms with E-state index in [9.17, 15) is 4.79 Å². The molecule has 0 N–H and O–H groups in total. The van der Waals surface area contributed by atoms with E-state index >= 15 is 0 Å². The van der Waals surface area contributed by atoms with Crippen molar-refractivity contribution in [3.8, 4) is 0 Å². The molecular weight excluding hydrogens is 258 g/mol. The van der Waals surface area contributed by atoms with Gasteiger partial charge in [0.2, 0.25) is 5.91 Å². The van der Waals surface area contributed by atoms with Crippen LogP contribution in [-0.2, 0) is 11.3 Å². The number of aromatic nitrogens is 1. The van der Waals surface area contributed by atoms with Crippen molar-refractivity contribution >= 4 is 17.2 Å². The number of aryl methyl sites for hydroxylation is 2. The third-order valence-corrected chi connectivity index (χ3v) is 5.03. The van der Waals surface area contributed by atoms with E-state index in [4.69, 9.17) is 0 Å². The van der Waals surface area contributed by atoms with Crippen LogP contribution in [0.1, 0.15) is 35.3 Å². The molecule has 0 aromatic carbocycles. The molecule has 0 bridgehead atoms. The molecule has 1 aromatic rings. The number of thiazole rings is 1. The first kappa shape index (κ1) is 14.5. The average molecular weight is 281 g/mol. The first-order valence-corrected chi connectivity index (χ1v) is 7.67. The van der Waals surface area contributed by atoms with E-state index in [1.54, 1.807) is 18.3 Å². The number of carbonyl (C=O) groups excluding carboxylic acids is 1. The zero-order valence-corrected chi connectivity index (χ0v) is 13.1. The van der Waals surface area contributed by atoms with Gasteiger partial charge in [-0.3, -0.25) is 9.69 Å². The lowest BCUT2D eigenvalue weighted by Gasteiger charge is -2.36. The first-order valence-electron chi connectivity index (χ1n) is 6.86. The summed E-state index contributed by atoms with van der Waals surface area (Å²) < 4.78 is 0. The summed E-state index contributed by atoms with van der Waals surface area (Å²) in [7, 11) is 1.92. The molecule has 1 fully saturated rings. The third-order valence-electron chi connectivity index (χ3n) is 3.97. The third kappa shape index (κ3) is 3.54. The summed E-state index contributed by atoms with van der Waals surface area (Å²) in [6.45, 7) is 8.95. The number of amides is 1. The Morgan fingerprint density at radius 1 is 1.42 bits per heavy atom. The van der Waals surface area contributed by atoms with Crippen molar-refractivity contribution in [2.24, 2.45) is 0 Å². The second-order valence-electron chi connectivity index (χ2n) is 5.38. The molecule has 0 saturated carbocycles. The lowest BCUT2D eigenvalue weighted by atomic mass is 10.0. The van der Waals surface area contributed by atoms with Crippen LogP contribution in [0, 0.1) is 13.8 Å². The average Bonchev–Trinajstić information content (AvgIpc) is 2.68. The fourth-order valence-corrected chi connectivity index (χ4v) is 3.62. The van der Waals surface area contributed by atoms with E-state index in [0.717, 1.165) is 37.5 Å². The van der Waals surface area contributed by atoms with Crippen molar-refractivity contribution in [1.82, 2.24) is 14.8 Å². The molecule has 19 heavy (non-hydrogen) atoms. The summed E-state index contributed by atoms with van der Waals surface area (Å²) in [5, 5.41) is 1.15. The largest absolute Gasteiger partial charge is 0.343 e. The Labute approximate surface area is 119 Å². The Hall–Kier alpha value is -0.940. The second-order valence-corrected chi connectivity index (χ2v) is 6.67. The molecule has 1 aliphatic rings. The minimum Gasteiger partial charge on any atom is -0.343 e. The van der Waals surface area contributed by atoms with Crippen LogP contribution in [0.2, 0.25) is 0 Å². The van der Waals surface area contributed by atoms with Crippen LogP contribution in [0.25, 0.3) is 0 Å². The number of nitrogens with zero attached hydrogens (tertiary/aromatic N) is 3. The Morgan fingerprint density at radius 3 is 2.53 bits per heavy atom. The molecule has 1 aliphatic heterocycles. The quantitative estimate of drug-likeness (QED) is 0.852. The Bertz CT molecular complexity index is 450. The van der Waals surface area contributed by atoms with E-state index in [1.165, 1.54) is 10.6 Å². The molecule has 0 radical (unpaired) electrons. The van der Waals surface area contributed by atoms with Gasteiger partial charge in [-0.05, 0) is 26.7 Å². The molecule has 0 unspecified atom stereocenters. The van der Waals surface area contributed by atoms with Crippen LogP contribution in [0.3, 0.4) is 0 Å². The van der Waals surface area contributed by atoms with Crippen LogP contribution in [0.5, 0.6) is 0 Å². The topological polar surface area (TPSA) is 36.4 Å². The molecule has 106 valence electrons. The summed E-state index contributed by atoms with van der Waals surface area (Å²) in [5.74, 6) is 0.173. The molecule has 0 aliphatic carbocycles. The van der Waals surface area contributed by atoms with Crippen LogP contribution < -0.4 is 0 Å². The molecule has 2 rings (SSSR count). The van der Waals surface area contributed by atoms with Gasteiger partial charge < -0.3 is 4.90 Å². The Kier molecular flexibility index (Phi) is 4.58. The number of hydrogen-bond acceptors (Lipinski definition) is 4. The highest BCUT2D eigenvalue weighted by Crippen LogP contribution is 2.22. The van der Waals surface area contributed by atoms with E-state index in [0.29, 0.717) is 6.04 Å². The van der Waals surface area contributed by atoms with E-state index in [-0.39, 0.29) is 5.91 Å². The van der Waals surface area contributed by atoms with E-state index in [1.807, 2.05) is 11.9 Å². The van der Waals surface area contributed by atoms with Gasteiger partial charge in [-0.2, -0.15) is 0 Å². The molecule has 4 nitrogen and oxygen atoms in total. The summed E-state index contributed by atoms with van der Waals surface area (Å²) in [5.41, 5.74) is 1.17. The predicted octanol–water partition coefficient (Wildman–Crippen LogP) is 2.20. The minimum atomic E-state index is 0.173. The second kappa shape index (κ2) is 6.01. The van der Waals surface area contributed by atoms with E-state index < -0.39 is 0 Å². The molecule has 2 heterocycles. The molecule has 1 saturated heterocycles. The molecule has 5 heteroatoms. The Morgan fingerprint density at radius 2 is 2.05 bits per heavy atom. The SMILES string of the molecule is CC(=O)N(C)C1CCN(Cc2sc(C)nc2C)CC1. The van der Waals surface area contributed by atoms with Crippen molar-refractivity contribution < 1.29 is 4.79 Å². The standard InChI is InChI=1S/C14H23N3OS/c1-10-14(19-11(2)15-10)9-17-7-5-13(6-8-17)16(4)12(3)18/h13H,5-9H2,1-4H3. The summed E-state index contributed by atoms with van der Waals surface area (Å²) >= 11 is 1.80. The molecular formula is C14H23N3OS.